The molecule has 0 saturated carbocycles. The topological polar surface area (TPSA) is 92.5 Å². The summed E-state index contributed by atoms with van der Waals surface area (Å²) in [5.74, 6) is 2.41. The van der Waals surface area contributed by atoms with Crippen LogP contribution in [-0.2, 0) is 4.52 Å². The molecule has 0 aliphatic carbocycles. The van der Waals surface area contributed by atoms with Gasteiger partial charge in [-0.25, -0.2) is 0 Å². The summed E-state index contributed by atoms with van der Waals surface area (Å²) in [5, 5.41) is 0. The first-order chi connectivity index (χ1) is 21.1. The lowest BCUT2D eigenvalue weighted by atomic mass is 10.3. The van der Waals surface area contributed by atoms with Crippen LogP contribution in [0.1, 0.15) is 0 Å². The Kier molecular flexibility index (Phi) is 8.69. The molecule has 0 fully saturated rings. The molecule has 0 saturated heterocycles. The highest BCUT2D eigenvalue weighted by molar-refractivity contribution is 7.78. The van der Waals surface area contributed by atoms with Crippen LogP contribution in [0.2, 0.25) is 0 Å². The average Bonchev–Trinajstić information content (AvgIpc) is 3.03. The number of hydrogen-bond acceptors (Lipinski definition) is 9. The summed E-state index contributed by atoms with van der Waals surface area (Å²) in [6, 6.07) is 45.9. The van der Waals surface area contributed by atoms with Crippen LogP contribution in [0.5, 0.6) is 28.7 Å². The van der Waals surface area contributed by atoms with Crippen LogP contribution in [0, 0.1) is 0 Å². The maximum Gasteiger partial charge on any atom is 0.460 e. The minimum absolute atomic E-state index is 0.479. The SMILES string of the molecule is COP1(Oc2ccccc2)=NP(Oc2ccccc2)(Oc2ccccc2)=NP(Oc2ccccc2)(Oc2ccccc2)=N1. The predicted octanol–water partition coefficient (Wildman–Crippen LogP) is 10.9. The van der Waals surface area contributed by atoms with Gasteiger partial charge in [-0.15, -0.1) is 9.03 Å². The molecule has 1 atom stereocenters. The van der Waals surface area contributed by atoms with Crippen LogP contribution in [0.3, 0.4) is 0 Å². The number of rotatable bonds is 11. The van der Waals surface area contributed by atoms with E-state index in [4.69, 9.17) is 40.7 Å². The third kappa shape index (κ3) is 7.22. The fourth-order valence-corrected chi connectivity index (χ4v) is 12.9. The lowest BCUT2D eigenvalue weighted by Gasteiger charge is -2.32. The largest absolute Gasteiger partial charge is 0.460 e. The van der Waals surface area contributed by atoms with E-state index < -0.39 is 23.0 Å². The minimum atomic E-state index is -3.75. The molecule has 5 aromatic rings. The third-order valence-electron chi connectivity index (χ3n) is 5.75. The molecule has 218 valence electrons. The molecular weight excluding hydrogens is 603 g/mol. The van der Waals surface area contributed by atoms with Crippen molar-refractivity contribution in [2.75, 3.05) is 7.11 Å². The number of nitrogens with zero attached hydrogens (tertiary/aromatic N) is 3. The summed E-state index contributed by atoms with van der Waals surface area (Å²) in [6.07, 6.45) is 0. The smallest absolute Gasteiger partial charge is 0.422 e. The van der Waals surface area contributed by atoms with Crippen molar-refractivity contribution in [2.24, 2.45) is 13.5 Å². The van der Waals surface area contributed by atoms with E-state index in [-0.39, 0.29) is 0 Å². The van der Waals surface area contributed by atoms with Crippen molar-refractivity contribution in [3.63, 3.8) is 0 Å². The highest BCUT2D eigenvalue weighted by atomic mass is 31.3. The van der Waals surface area contributed by atoms with Crippen LogP contribution < -0.4 is 22.6 Å². The maximum atomic E-state index is 6.60. The number of hydrogen-bond donors (Lipinski definition) is 0. The van der Waals surface area contributed by atoms with E-state index >= 15 is 0 Å². The summed E-state index contributed by atoms with van der Waals surface area (Å²) >= 11 is 0. The maximum absolute atomic E-state index is 6.60. The molecule has 43 heavy (non-hydrogen) atoms. The second-order valence-electron chi connectivity index (χ2n) is 8.94. The molecule has 9 nitrogen and oxygen atoms in total. The molecule has 5 aromatic carbocycles. The molecule has 6 rings (SSSR count). The van der Waals surface area contributed by atoms with Crippen molar-refractivity contribution < 1.29 is 27.1 Å². The van der Waals surface area contributed by atoms with Gasteiger partial charge in [-0.2, -0.15) is 0 Å². The van der Waals surface area contributed by atoms with Gasteiger partial charge < -0.3 is 27.1 Å². The monoisotopic (exact) mass is 631 g/mol. The van der Waals surface area contributed by atoms with Crippen molar-refractivity contribution in [3.05, 3.63) is 152 Å². The fraction of sp³-hybridized carbons (Fsp3) is 0.0323. The number of benzene rings is 5. The Bertz CT molecular complexity index is 1630. The zero-order chi connectivity index (χ0) is 29.4. The van der Waals surface area contributed by atoms with Gasteiger partial charge in [-0.3, -0.25) is 0 Å². The van der Waals surface area contributed by atoms with Gasteiger partial charge in [0.15, 0.2) is 0 Å². The molecule has 0 amide bonds. The zero-order valence-electron chi connectivity index (χ0n) is 23.1. The van der Waals surface area contributed by atoms with Crippen LogP contribution >= 0.6 is 23.0 Å². The second kappa shape index (κ2) is 12.9. The second-order valence-corrected chi connectivity index (χ2v) is 15.3. The van der Waals surface area contributed by atoms with E-state index in [1.807, 2.05) is 91.0 Å². The highest BCUT2D eigenvalue weighted by Gasteiger charge is 2.47. The van der Waals surface area contributed by atoms with E-state index in [0.717, 1.165) is 0 Å². The Morgan fingerprint density at radius 1 is 0.326 bits per heavy atom. The summed E-state index contributed by atoms with van der Waals surface area (Å²) in [7, 11) is -9.65. The Hall–Kier alpha value is -4.25. The van der Waals surface area contributed by atoms with Gasteiger partial charge >= 0.3 is 23.0 Å². The molecule has 1 aliphatic rings. The summed E-state index contributed by atoms with van der Waals surface area (Å²) < 4.78 is 54.0. The molecule has 0 N–H and O–H groups in total. The first kappa shape index (κ1) is 28.9. The van der Waals surface area contributed by atoms with Crippen LogP contribution in [0.25, 0.3) is 0 Å². The molecule has 0 aromatic heterocycles. The van der Waals surface area contributed by atoms with E-state index in [1.54, 1.807) is 60.7 Å². The quantitative estimate of drug-likeness (QED) is 0.135. The molecule has 0 bridgehead atoms. The summed E-state index contributed by atoms with van der Waals surface area (Å²) in [5.41, 5.74) is 0. The Morgan fingerprint density at radius 2 is 0.535 bits per heavy atom. The van der Waals surface area contributed by atoms with E-state index in [9.17, 15) is 0 Å². The predicted molar refractivity (Wildman–Crippen MR) is 170 cm³/mol. The standard InChI is InChI=1S/C31H28N3O6P3/c1-35-41(36-27-17-7-2-8-18-27)32-42(37-28-19-9-3-10-20-28,38-29-21-11-4-12-22-29)34-43(33-41,39-30-23-13-5-14-24-30)40-31-25-15-6-16-26-31/h2-26H,1H3. The van der Waals surface area contributed by atoms with Gasteiger partial charge in [0.05, 0.1) is 0 Å². The summed E-state index contributed by atoms with van der Waals surface area (Å²) in [4.78, 5) is 0. The first-order valence-electron chi connectivity index (χ1n) is 13.3. The van der Waals surface area contributed by atoms with E-state index in [0.29, 0.717) is 28.7 Å². The van der Waals surface area contributed by atoms with Crippen LogP contribution in [-0.4, -0.2) is 7.11 Å². The van der Waals surface area contributed by atoms with Crippen LogP contribution in [0.4, 0.5) is 0 Å². The normalized spacial score (nSPS) is 18.1. The first-order valence-corrected chi connectivity index (χ1v) is 17.9. The van der Waals surface area contributed by atoms with Gasteiger partial charge in [0.25, 0.3) is 0 Å². The molecular formula is C31H28N3O6P3. The average molecular weight is 632 g/mol. The Balaban J connectivity index is 1.64. The molecule has 12 heteroatoms. The van der Waals surface area contributed by atoms with Gasteiger partial charge in [0, 0.05) is 7.11 Å². The molecule has 1 unspecified atom stereocenters. The van der Waals surface area contributed by atoms with Crippen molar-refractivity contribution >= 4 is 23.0 Å². The van der Waals surface area contributed by atoms with Gasteiger partial charge in [0.1, 0.15) is 28.7 Å². The Morgan fingerprint density at radius 3 is 0.791 bits per heavy atom. The zero-order valence-corrected chi connectivity index (χ0v) is 25.7. The minimum Gasteiger partial charge on any atom is -0.422 e. The lowest BCUT2D eigenvalue weighted by molar-refractivity contribution is 0.379. The third-order valence-corrected chi connectivity index (χ3v) is 13.9. The molecule has 0 radical (unpaired) electrons. The molecule has 0 spiro atoms. The highest BCUT2D eigenvalue weighted by Crippen LogP contribution is 2.78. The molecule has 1 heterocycles. The van der Waals surface area contributed by atoms with Gasteiger partial charge in [-0.1, -0.05) is 95.5 Å². The molecule has 1 aliphatic heterocycles. The Labute approximate surface area is 250 Å². The van der Waals surface area contributed by atoms with Gasteiger partial charge in [-0.05, 0) is 60.7 Å². The van der Waals surface area contributed by atoms with Crippen molar-refractivity contribution in [2.45, 2.75) is 0 Å². The van der Waals surface area contributed by atoms with Gasteiger partial charge in [0.2, 0.25) is 0 Å². The fourth-order valence-electron chi connectivity index (χ4n) is 3.91. The van der Waals surface area contributed by atoms with Crippen molar-refractivity contribution in [1.82, 2.24) is 0 Å². The van der Waals surface area contributed by atoms with Crippen molar-refractivity contribution in [3.8, 4) is 28.7 Å². The lowest BCUT2D eigenvalue weighted by Crippen LogP contribution is -2.09. The van der Waals surface area contributed by atoms with E-state index in [1.165, 1.54) is 7.11 Å². The van der Waals surface area contributed by atoms with Crippen LogP contribution in [0.15, 0.2) is 165 Å². The number of para-hydroxylation sites is 5. The van der Waals surface area contributed by atoms with Crippen molar-refractivity contribution in [1.29, 1.82) is 0 Å². The van der Waals surface area contributed by atoms with E-state index in [2.05, 4.69) is 0 Å². The summed E-state index contributed by atoms with van der Waals surface area (Å²) in [6.45, 7) is 0.